The van der Waals surface area contributed by atoms with E-state index in [4.69, 9.17) is 11.6 Å². The van der Waals surface area contributed by atoms with Gasteiger partial charge >= 0.3 is 0 Å². The van der Waals surface area contributed by atoms with Crippen LogP contribution in [0, 0.1) is 0 Å². The molecular weight excluding hydrogens is 378 g/mol. The molecule has 0 radical (unpaired) electrons. The molecule has 0 aliphatic heterocycles. The first kappa shape index (κ1) is 19.6. The van der Waals surface area contributed by atoms with Gasteiger partial charge in [0.05, 0.1) is 18.3 Å². The summed E-state index contributed by atoms with van der Waals surface area (Å²) in [4.78, 5) is 30.1. The van der Waals surface area contributed by atoms with E-state index in [0.717, 1.165) is 11.3 Å². The molecular formula is C20H20ClN5O2. The Bertz CT molecular complexity index is 940. The minimum atomic E-state index is -0.316. The van der Waals surface area contributed by atoms with E-state index >= 15 is 0 Å². The fourth-order valence-corrected chi connectivity index (χ4v) is 2.80. The number of halogens is 1. The number of hydrogen-bond acceptors (Lipinski definition) is 4. The lowest BCUT2D eigenvalue weighted by molar-refractivity contribution is -0.130. The van der Waals surface area contributed by atoms with Gasteiger partial charge in [-0.05, 0) is 48.9 Å². The van der Waals surface area contributed by atoms with Crippen molar-refractivity contribution in [2.75, 3.05) is 13.6 Å². The minimum Gasteiger partial charge on any atom is -0.343 e. The topological polar surface area (TPSA) is 80.1 Å². The molecule has 0 saturated heterocycles. The molecule has 3 rings (SSSR count). The third kappa shape index (κ3) is 4.55. The number of rotatable bonds is 6. The van der Waals surface area contributed by atoms with Crippen LogP contribution in [-0.4, -0.2) is 45.1 Å². The van der Waals surface area contributed by atoms with Crippen molar-refractivity contribution in [1.82, 2.24) is 25.0 Å². The van der Waals surface area contributed by atoms with Gasteiger partial charge in [-0.15, -0.1) is 0 Å². The van der Waals surface area contributed by atoms with E-state index in [1.165, 1.54) is 6.33 Å². The first-order chi connectivity index (χ1) is 13.5. The summed E-state index contributed by atoms with van der Waals surface area (Å²) in [5.41, 5.74) is 2.32. The van der Waals surface area contributed by atoms with Gasteiger partial charge < -0.3 is 10.2 Å². The molecule has 7 nitrogen and oxygen atoms in total. The number of hydrogen-bond donors (Lipinski definition) is 1. The standard InChI is InChI=1S/C20H20ClN5O2/c1-14(15-5-9-18(10-6-15)26-13-22-12-24-26)25(2)19(27)11-23-20(28)16-3-7-17(21)8-4-16/h3-10,12-14H,11H2,1-2H3,(H,23,28)/t14-/m0/s1. The van der Waals surface area contributed by atoms with E-state index in [2.05, 4.69) is 15.4 Å². The van der Waals surface area contributed by atoms with Gasteiger partial charge in [-0.25, -0.2) is 9.67 Å². The maximum atomic E-state index is 12.5. The van der Waals surface area contributed by atoms with Crippen LogP contribution < -0.4 is 5.32 Å². The second-order valence-electron chi connectivity index (χ2n) is 6.30. The minimum absolute atomic E-state index is 0.0840. The highest BCUT2D eigenvalue weighted by Crippen LogP contribution is 2.20. The van der Waals surface area contributed by atoms with E-state index < -0.39 is 0 Å². The molecule has 0 unspecified atom stereocenters. The number of aromatic nitrogens is 3. The van der Waals surface area contributed by atoms with Crippen LogP contribution in [0.25, 0.3) is 5.69 Å². The summed E-state index contributed by atoms with van der Waals surface area (Å²) in [5, 5.41) is 7.28. The third-order valence-corrected chi connectivity index (χ3v) is 4.79. The number of benzene rings is 2. The maximum absolute atomic E-state index is 12.5. The lowest BCUT2D eigenvalue weighted by atomic mass is 10.1. The predicted molar refractivity (Wildman–Crippen MR) is 106 cm³/mol. The molecule has 0 saturated carbocycles. The van der Waals surface area contributed by atoms with Crippen LogP contribution in [0.2, 0.25) is 5.02 Å². The van der Waals surface area contributed by atoms with Gasteiger partial charge in [0.2, 0.25) is 5.91 Å². The van der Waals surface area contributed by atoms with Crippen LogP contribution in [0.15, 0.2) is 61.2 Å². The van der Waals surface area contributed by atoms with Crippen molar-refractivity contribution in [2.24, 2.45) is 0 Å². The first-order valence-corrected chi connectivity index (χ1v) is 9.08. The second-order valence-corrected chi connectivity index (χ2v) is 6.74. The number of carbonyl (C=O) groups is 2. The van der Waals surface area contributed by atoms with Gasteiger partial charge in [0.15, 0.2) is 0 Å². The summed E-state index contributed by atoms with van der Waals surface area (Å²) >= 11 is 5.82. The molecule has 1 heterocycles. The van der Waals surface area contributed by atoms with E-state index in [0.29, 0.717) is 10.6 Å². The Kier molecular flexibility index (Phi) is 6.06. The average molecular weight is 398 g/mol. The molecule has 2 aromatic carbocycles. The smallest absolute Gasteiger partial charge is 0.251 e. The van der Waals surface area contributed by atoms with Gasteiger partial charge in [-0.1, -0.05) is 23.7 Å². The quantitative estimate of drug-likeness (QED) is 0.693. The molecule has 0 fully saturated rings. The molecule has 3 aromatic rings. The molecule has 28 heavy (non-hydrogen) atoms. The van der Waals surface area contributed by atoms with Crippen LogP contribution in [0.3, 0.4) is 0 Å². The van der Waals surface area contributed by atoms with Gasteiger partial charge in [-0.3, -0.25) is 9.59 Å². The zero-order valence-electron chi connectivity index (χ0n) is 15.5. The summed E-state index contributed by atoms with van der Waals surface area (Å²) in [6.07, 6.45) is 3.10. The summed E-state index contributed by atoms with van der Waals surface area (Å²) in [6, 6.07) is 14.1. The summed E-state index contributed by atoms with van der Waals surface area (Å²) < 4.78 is 1.66. The summed E-state index contributed by atoms with van der Waals surface area (Å²) in [7, 11) is 1.72. The van der Waals surface area contributed by atoms with Gasteiger partial charge in [0.25, 0.3) is 5.91 Å². The van der Waals surface area contributed by atoms with Crippen LogP contribution in [0.1, 0.15) is 28.9 Å². The summed E-state index contributed by atoms with van der Waals surface area (Å²) in [5.74, 6) is -0.501. The van der Waals surface area contributed by atoms with Gasteiger partial charge in [0.1, 0.15) is 12.7 Å². The fourth-order valence-electron chi connectivity index (χ4n) is 2.67. The molecule has 0 spiro atoms. The molecule has 144 valence electrons. The molecule has 0 bridgehead atoms. The SMILES string of the molecule is C[C@@H](c1ccc(-n2cncn2)cc1)N(C)C(=O)CNC(=O)c1ccc(Cl)cc1. The molecule has 8 heteroatoms. The average Bonchev–Trinajstić information content (AvgIpc) is 3.26. The van der Waals surface area contributed by atoms with Crippen molar-refractivity contribution in [2.45, 2.75) is 13.0 Å². The van der Waals surface area contributed by atoms with Crippen LogP contribution in [0.5, 0.6) is 0 Å². The highest BCUT2D eigenvalue weighted by Gasteiger charge is 2.18. The normalized spacial score (nSPS) is 11.7. The summed E-state index contributed by atoms with van der Waals surface area (Å²) in [6.45, 7) is 1.85. The number of nitrogens with zero attached hydrogens (tertiary/aromatic N) is 4. The number of carbonyl (C=O) groups excluding carboxylic acids is 2. The van der Waals surface area contributed by atoms with Crippen LogP contribution in [-0.2, 0) is 4.79 Å². The maximum Gasteiger partial charge on any atom is 0.251 e. The van der Waals surface area contributed by atoms with Crippen molar-refractivity contribution in [1.29, 1.82) is 0 Å². The highest BCUT2D eigenvalue weighted by molar-refractivity contribution is 6.30. The zero-order chi connectivity index (χ0) is 20.1. The number of nitrogens with one attached hydrogen (secondary N) is 1. The number of likely N-dealkylation sites (N-methyl/N-ethyl adjacent to an activating group) is 1. The Hall–Kier alpha value is -3.19. The van der Waals surface area contributed by atoms with E-state index in [1.807, 2.05) is 31.2 Å². The van der Waals surface area contributed by atoms with Crippen LogP contribution >= 0.6 is 11.6 Å². The Morgan fingerprint density at radius 2 is 1.82 bits per heavy atom. The monoisotopic (exact) mass is 397 g/mol. The molecule has 1 atom stereocenters. The van der Waals surface area contributed by atoms with E-state index in [-0.39, 0.29) is 24.4 Å². The van der Waals surface area contributed by atoms with Gasteiger partial charge in [0, 0.05) is 17.6 Å². The third-order valence-electron chi connectivity index (χ3n) is 4.54. The lowest BCUT2D eigenvalue weighted by Crippen LogP contribution is -2.39. The molecule has 1 aromatic heterocycles. The van der Waals surface area contributed by atoms with E-state index in [9.17, 15) is 9.59 Å². The molecule has 2 amide bonds. The molecule has 0 aliphatic rings. The van der Waals surface area contributed by atoms with Gasteiger partial charge in [-0.2, -0.15) is 5.10 Å². The van der Waals surface area contributed by atoms with E-state index in [1.54, 1.807) is 47.2 Å². The Labute approximate surface area is 167 Å². The highest BCUT2D eigenvalue weighted by atomic mass is 35.5. The molecule has 0 aliphatic carbocycles. The first-order valence-electron chi connectivity index (χ1n) is 8.70. The largest absolute Gasteiger partial charge is 0.343 e. The Balaban J connectivity index is 1.57. The molecule has 1 N–H and O–H groups in total. The Morgan fingerprint density at radius 3 is 2.43 bits per heavy atom. The van der Waals surface area contributed by atoms with Crippen molar-refractivity contribution in [3.05, 3.63) is 77.3 Å². The zero-order valence-corrected chi connectivity index (χ0v) is 16.3. The fraction of sp³-hybridized carbons (Fsp3) is 0.200. The van der Waals surface area contributed by atoms with Crippen molar-refractivity contribution >= 4 is 23.4 Å². The predicted octanol–water partition coefficient (Wildman–Crippen LogP) is 2.87. The van der Waals surface area contributed by atoms with Crippen molar-refractivity contribution in [3.63, 3.8) is 0 Å². The Morgan fingerprint density at radius 1 is 1.14 bits per heavy atom. The van der Waals surface area contributed by atoms with Crippen LogP contribution in [0.4, 0.5) is 0 Å². The lowest BCUT2D eigenvalue weighted by Gasteiger charge is -2.25. The second kappa shape index (κ2) is 8.67. The van der Waals surface area contributed by atoms with Crippen molar-refractivity contribution in [3.8, 4) is 5.69 Å². The number of amides is 2. The van der Waals surface area contributed by atoms with Crippen molar-refractivity contribution < 1.29 is 9.59 Å².